The summed E-state index contributed by atoms with van der Waals surface area (Å²) in [4.78, 5) is 4.55. The number of fused-ring (bicyclic) bond motifs is 1. The van der Waals surface area contributed by atoms with Crippen LogP contribution in [-0.2, 0) is 0 Å². The summed E-state index contributed by atoms with van der Waals surface area (Å²) in [6.07, 6.45) is 1.87. The Morgan fingerprint density at radius 3 is 2.48 bits per heavy atom. The van der Waals surface area contributed by atoms with Crippen molar-refractivity contribution in [2.45, 2.75) is 0 Å². The maximum absolute atomic E-state index is 5.46. The Morgan fingerprint density at radius 2 is 1.71 bits per heavy atom. The molecule has 3 aromatic rings. The maximum Gasteiger partial charge on any atom is 0.128 e. The van der Waals surface area contributed by atoms with Crippen molar-refractivity contribution in [2.24, 2.45) is 4.99 Å². The zero-order valence-corrected chi connectivity index (χ0v) is 13.2. The molecule has 0 N–H and O–H groups in total. The lowest BCUT2D eigenvalue weighted by molar-refractivity contribution is 0.415. The summed E-state index contributed by atoms with van der Waals surface area (Å²) in [6, 6.07) is 20.2. The Hall–Kier alpha value is -2.13. The molecule has 0 unspecified atom stereocenters. The zero-order chi connectivity index (χ0) is 14.7. The van der Waals surface area contributed by atoms with Gasteiger partial charge in [0.2, 0.25) is 0 Å². The van der Waals surface area contributed by atoms with Crippen LogP contribution < -0.4 is 4.74 Å². The van der Waals surface area contributed by atoms with Crippen molar-refractivity contribution in [1.82, 2.24) is 0 Å². The maximum atomic E-state index is 5.46. The van der Waals surface area contributed by atoms with Crippen LogP contribution in [-0.4, -0.2) is 13.3 Å². The molecule has 2 nitrogen and oxygen atoms in total. The molecule has 0 heterocycles. The van der Waals surface area contributed by atoms with Crippen LogP contribution in [0.25, 0.3) is 10.8 Å². The van der Waals surface area contributed by atoms with Gasteiger partial charge in [-0.1, -0.05) is 46.3 Å². The molecule has 0 aliphatic carbocycles. The van der Waals surface area contributed by atoms with Crippen LogP contribution in [0.2, 0.25) is 0 Å². The van der Waals surface area contributed by atoms with Gasteiger partial charge in [-0.3, -0.25) is 4.99 Å². The molecular weight excluding hydrogens is 326 g/mol. The number of rotatable bonds is 3. The summed E-state index contributed by atoms with van der Waals surface area (Å²) in [5.74, 6) is 0.828. The average Bonchev–Trinajstić information content (AvgIpc) is 2.54. The van der Waals surface area contributed by atoms with Gasteiger partial charge in [0.05, 0.1) is 12.8 Å². The molecule has 0 aliphatic heterocycles. The van der Waals surface area contributed by atoms with Gasteiger partial charge in [0, 0.05) is 16.3 Å². The summed E-state index contributed by atoms with van der Waals surface area (Å²) in [5, 5.41) is 2.31. The largest absolute Gasteiger partial charge is 0.496 e. The van der Waals surface area contributed by atoms with Gasteiger partial charge in [-0.2, -0.15) is 0 Å². The number of hydrogen-bond donors (Lipinski definition) is 0. The molecule has 0 saturated carbocycles. The number of aliphatic imine (C=N–C) groups is 1. The van der Waals surface area contributed by atoms with Crippen LogP contribution in [0.4, 0.5) is 5.69 Å². The Bertz CT molecular complexity index is 794. The minimum absolute atomic E-state index is 0.828. The summed E-state index contributed by atoms with van der Waals surface area (Å²) < 4.78 is 6.51. The second kappa shape index (κ2) is 6.10. The second-order valence-corrected chi connectivity index (χ2v) is 5.55. The third-order valence-corrected chi connectivity index (χ3v) is 3.85. The highest BCUT2D eigenvalue weighted by Gasteiger charge is 2.05. The zero-order valence-electron chi connectivity index (χ0n) is 11.6. The van der Waals surface area contributed by atoms with E-state index >= 15 is 0 Å². The Morgan fingerprint density at radius 1 is 0.952 bits per heavy atom. The Balaban J connectivity index is 2.08. The van der Waals surface area contributed by atoms with Gasteiger partial charge >= 0.3 is 0 Å². The minimum atomic E-state index is 0.828. The van der Waals surface area contributed by atoms with Crippen molar-refractivity contribution in [3.63, 3.8) is 0 Å². The molecule has 0 fully saturated rings. The SMILES string of the molecule is COc1ccc2ccccc2c1C=Nc1ccc(Br)cc1. The molecule has 3 heteroatoms. The van der Waals surface area contributed by atoms with Gasteiger partial charge in [0.25, 0.3) is 0 Å². The monoisotopic (exact) mass is 339 g/mol. The van der Waals surface area contributed by atoms with Crippen LogP contribution in [0.1, 0.15) is 5.56 Å². The number of methoxy groups -OCH3 is 1. The van der Waals surface area contributed by atoms with E-state index in [1.807, 2.05) is 48.7 Å². The summed E-state index contributed by atoms with van der Waals surface area (Å²) in [7, 11) is 1.68. The molecule has 0 amide bonds. The van der Waals surface area contributed by atoms with Crippen LogP contribution >= 0.6 is 15.9 Å². The van der Waals surface area contributed by atoms with E-state index in [9.17, 15) is 0 Å². The topological polar surface area (TPSA) is 21.6 Å². The van der Waals surface area contributed by atoms with E-state index in [1.165, 1.54) is 5.39 Å². The van der Waals surface area contributed by atoms with Crippen molar-refractivity contribution in [3.8, 4) is 5.75 Å². The summed E-state index contributed by atoms with van der Waals surface area (Å²) >= 11 is 3.42. The molecule has 104 valence electrons. The van der Waals surface area contributed by atoms with Crippen LogP contribution in [0.15, 0.2) is 70.1 Å². The van der Waals surface area contributed by atoms with Crippen LogP contribution in [0.3, 0.4) is 0 Å². The number of ether oxygens (including phenoxy) is 1. The van der Waals surface area contributed by atoms with Crippen molar-refractivity contribution in [3.05, 3.63) is 70.7 Å². The number of benzene rings is 3. The highest BCUT2D eigenvalue weighted by atomic mass is 79.9. The smallest absolute Gasteiger partial charge is 0.128 e. The van der Waals surface area contributed by atoms with Crippen molar-refractivity contribution in [2.75, 3.05) is 7.11 Å². The average molecular weight is 340 g/mol. The van der Waals surface area contributed by atoms with E-state index in [4.69, 9.17) is 4.74 Å². The molecule has 3 aromatic carbocycles. The quantitative estimate of drug-likeness (QED) is 0.588. The summed E-state index contributed by atoms with van der Waals surface area (Å²) in [5.41, 5.74) is 1.91. The van der Waals surface area contributed by atoms with Gasteiger partial charge in [0.1, 0.15) is 5.75 Å². The first-order chi connectivity index (χ1) is 10.3. The fraction of sp³-hybridized carbons (Fsp3) is 0.0556. The molecule has 0 aliphatic rings. The van der Waals surface area contributed by atoms with Gasteiger partial charge in [-0.25, -0.2) is 0 Å². The predicted octanol–water partition coefficient (Wildman–Crippen LogP) is 5.36. The molecule has 0 saturated heterocycles. The molecule has 0 aromatic heterocycles. The fourth-order valence-electron chi connectivity index (χ4n) is 2.25. The third-order valence-electron chi connectivity index (χ3n) is 3.32. The number of nitrogens with zero attached hydrogens (tertiary/aromatic N) is 1. The molecule has 3 rings (SSSR count). The van der Waals surface area contributed by atoms with E-state index in [2.05, 4.69) is 39.1 Å². The molecule has 0 spiro atoms. The van der Waals surface area contributed by atoms with Gasteiger partial charge in [-0.05, 0) is 41.1 Å². The molecule has 21 heavy (non-hydrogen) atoms. The lowest BCUT2D eigenvalue weighted by atomic mass is 10.0. The molecular formula is C18H14BrNO. The first kappa shape index (κ1) is 13.8. The van der Waals surface area contributed by atoms with E-state index in [0.717, 1.165) is 26.9 Å². The Labute approximate surface area is 132 Å². The standard InChI is InChI=1S/C18H14BrNO/c1-21-18-11-6-13-4-2-3-5-16(13)17(18)12-20-15-9-7-14(19)8-10-15/h2-12H,1H3. The highest BCUT2D eigenvalue weighted by molar-refractivity contribution is 9.10. The van der Waals surface area contributed by atoms with Crippen molar-refractivity contribution in [1.29, 1.82) is 0 Å². The van der Waals surface area contributed by atoms with E-state index in [-0.39, 0.29) is 0 Å². The van der Waals surface area contributed by atoms with Crippen molar-refractivity contribution >= 4 is 38.6 Å². The van der Waals surface area contributed by atoms with Crippen LogP contribution in [0, 0.1) is 0 Å². The first-order valence-corrected chi connectivity index (χ1v) is 7.42. The molecule has 0 bridgehead atoms. The lowest BCUT2D eigenvalue weighted by Gasteiger charge is -2.08. The van der Waals surface area contributed by atoms with Gasteiger partial charge in [-0.15, -0.1) is 0 Å². The van der Waals surface area contributed by atoms with Crippen molar-refractivity contribution < 1.29 is 4.74 Å². The number of hydrogen-bond acceptors (Lipinski definition) is 2. The number of halogens is 1. The van der Waals surface area contributed by atoms with Gasteiger partial charge < -0.3 is 4.74 Å². The highest BCUT2D eigenvalue weighted by Crippen LogP contribution is 2.27. The van der Waals surface area contributed by atoms with E-state index in [1.54, 1.807) is 7.11 Å². The predicted molar refractivity (Wildman–Crippen MR) is 91.9 cm³/mol. The fourth-order valence-corrected chi connectivity index (χ4v) is 2.52. The first-order valence-electron chi connectivity index (χ1n) is 6.63. The normalized spacial score (nSPS) is 11.1. The third kappa shape index (κ3) is 2.98. The Kier molecular flexibility index (Phi) is 4.02. The second-order valence-electron chi connectivity index (χ2n) is 4.64. The van der Waals surface area contributed by atoms with Crippen LogP contribution in [0.5, 0.6) is 5.75 Å². The lowest BCUT2D eigenvalue weighted by Crippen LogP contribution is -1.92. The van der Waals surface area contributed by atoms with Gasteiger partial charge in [0.15, 0.2) is 0 Å². The minimum Gasteiger partial charge on any atom is -0.496 e. The molecule has 0 atom stereocenters. The molecule has 0 radical (unpaired) electrons. The van der Waals surface area contributed by atoms with E-state index < -0.39 is 0 Å². The summed E-state index contributed by atoms with van der Waals surface area (Å²) in [6.45, 7) is 0. The van der Waals surface area contributed by atoms with E-state index in [0.29, 0.717) is 0 Å².